The lowest BCUT2D eigenvalue weighted by Crippen LogP contribution is -2.20. The summed E-state index contributed by atoms with van der Waals surface area (Å²) >= 11 is 0. The van der Waals surface area contributed by atoms with Crippen LogP contribution in [0.5, 0.6) is 0 Å². The van der Waals surface area contributed by atoms with E-state index in [-0.39, 0.29) is 6.04 Å². The maximum Gasteiger partial charge on any atom is 0.0266 e. The molecule has 1 aromatic carbocycles. The largest absolute Gasteiger partial charge is 0.324 e. The molecule has 1 saturated carbocycles. The van der Waals surface area contributed by atoms with Crippen molar-refractivity contribution in [1.82, 2.24) is 0 Å². The molecule has 94 valence electrons. The van der Waals surface area contributed by atoms with Crippen LogP contribution in [0.25, 0.3) is 0 Å². The van der Waals surface area contributed by atoms with Crippen molar-refractivity contribution >= 4 is 0 Å². The van der Waals surface area contributed by atoms with Crippen molar-refractivity contribution in [2.24, 2.45) is 11.1 Å². The summed E-state index contributed by atoms with van der Waals surface area (Å²) in [6, 6.07) is 9.09. The van der Waals surface area contributed by atoms with Crippen LogP contribution >= 0.6 is 0 Å². The molecule has 0 bridgehead atoms. The van der Waals surface area contributed by atoms with Crippen molar-refractivity contribution in [3.63, 3.8) is 0 Å². The van der Waals surface area contributed by atoms with E-state index in [9.17, 15) is 0 Å². The van der Waals surface area contributed by atoms with Crippen molar-refractivity contribution in [1.29, 1.82) is 0 Å². The van der Waals surface area contributed by atoms with Crippen LogP contribution in [0.3, 0.4) is 0 Å². The highest BCUT2D eigenvalue weighted by molar-refractivity contribution is 5.27. The first-order chi connectivity index (χ1) is 7.98. The molecule has 1 unspecified atom stereocenters. The van der Waals surface area contributed by atoms with Gasteiger partial charge in [-0.25, -0.2) is 0 Å². The van der Waals surface area contributed by atoms with Gasteiger partial charge in [-0.3, -0.25) is 0 Å². The molecule has 1 atom stereocenters. The predicted molar refractivity (Wildman–Crippen MR) is 74.0 cm³/mol. The second-order valence-electron chi connectivity index (χ2n) is 6.39. The number of nitrogens with two attached hydrogens (primary N) is 1. The summed E-state index contributed by atoms with van der Waals surface area (Å²) < 4.78 is 0. The first-order valence-electron chi connectivity index (χ1n) is 6.83. The van der Waals surface area contributed by atoms with Gasteiger partial charge in [0.1, 0.15) is 0 Å². The third kappa shape index (κ3) is 3.10. The minimum absolute atomic E-state index is 0.148. The van der Waals surface area contributed by atoms with E-state index in [1.54, 1.807) is 0 Å². The number of rotatable bonds is 2. The van der Waals surface area contributed by atoms with Crippen molar-refractivity contribution < 1.29 is 0 Å². The molecule has 2 N–H and O–H groups in total. The minimum atomic E-state index is 0.148. The van der Waals surface area contributed by atoms with Gasteiger partial charge in [-0.05, 0) is 55.1 Å². The molecule has 1 aromatic rings. The van der Waals surface area contributed by atoms with Gasteiger partial charge in [0, 0.05) is 6.04 Å². The summed E-state index contributed by atoms with van der Waals surface area (Å²) in [5.74, 6) is 0.769. The molecule has 1 heteroatoms. The molecule has 1 nitrogen and oxygen atoms in total. The molecule has 1 fully saturated rings. The Morgan fingerprint density at radius 3 is 2.12 bits per heavy atom. The normalized spacial score (nSPS) is 22.4. The Bertz CT molecular complexity index is 352. The van der Waals surface area contributed by atoms with Gasteiger partial charge in [0.2, 0.25) is 0 Å². The molecule has 0 radical (unpaired) electrons. The molecular formula is C16H25N. The van der Waals surface area contributed by atoms with Crippen LogP contribution in [0.1, 0.15) is 69.5 Å². The fourth-order valence-electron chi connectivity index (χ4n) is 2.80. The maximum absolute atomic E-state index is 5.88. The van der Waals surface area contributed by atoms with Gasteiger partial charge in [-0.1, -0.05) is 38.1 Å². The highest BCUT2D eigenvalue weighted by Crippen LogP contribution is 2.42. The Balaban J connectivity index is 2.04. The van der Waals surface area contributed by atoms with E-state index in [0.717, 1.165) is 5.92 Å². The lowest BCUT2D eigenvalue weighted by atomic mass is 9.71. The lowest BCUT2D eigenvalue weighted by Gasteiger charge is -2.34. The van der Waals surface area contributed by atoms with Crippen LogP contribution in [0, 0.1) is 5.41 Å². The van der Waals surface area contributed by atoms with E-state index in [1.165, 1.54) is 36.8 Å². The summed E-state index contributed by atoms with van der Waals surface area (Å²) in [6.45, 7) is 6.82. The first kappa shape index (κ1) is 12.6. The Hall–Kier alpha value is -0.820. The SMILES string of the molecule is CC(N)c1ccc(C2CCC(C)(C)CC2)cc1. The van der Waals surface area contributed by atoms with E-state index in [0.29, 0.717) is 5.41 Å². The van der Waals surface area contributed by atoms with Crippen molar-refractivity contribution in [2.45, 2.75) is 58.4 Å². The van der Waals surface area contributed by atoms with Gasteiger partial charge >= 0.3 is 0 Å². The predicted octanol–water partition coefficient (Wildman–Crippen LogP) is 4.39. The number of benzene rings is 1. The van der Waals surface area contributed by atoms with E-state index < -0.39 is 0 Å². The molecule has 0 heterocycles. The summed E-state index contributed by atoms with van der Waals surface area (Å²) in [7, 11) is 0. The van der Waals surface area contributed by atoms with E-state index in [1.807, 2.05) is 6.92 Å². The number of hydrogen-bond acceptors (Lipinski definition) is 1. The number of hydrogen-bond donors (Lipinski definition) is 1. The molecule has 0 spiro atoms. The highest BCUT2D eigenvalue weighted by atomic mass is 14.6. The van der Waals surface area contributed by atoms with E-state index in [4.69, 9.17) is 5.73 Å². The van der Waals surface area contributed by atoms with E-state index in [2.05, 4.69) is 38.1 Å². The highest BCUT2D eigenvalue weighted by Gasteiger charge is 2.27. The molecule has 17 heavy (non-hydrogen) atoms. The monoisotopic (exact) mass is 231 g/mol. The third-order valence-electron chi connectivity index (χ3n) is 4.27. The van der Waals surface area contributed by atoms with Crippen LogP contribution in [-0.4, -0.2) is 0 Å². The fraction of sp³-hybridized carbons (Fsp3) is 0.625. The summed E-state index contributed by atoms with van der Waals surface area (Å²) in [4.78, 5) is 0. The summed E-state index contributed by atoms with van der Waals surface area (Å²) in [6.07, 6.45) is 5.38. The van der Waals surface area contributed by atoms with Crippen molar-refractivity contribution in [2.75, 3.05) is 0 Å². The Kier molecular flexibility index (Phi) is 3.58. The smallest absolute Gasteiger partial charge is 0.0266 e. The van der Waals surface area contributed by atoms with Crippen LogP contribution in [0.4, 0.5) is 0 Å². The first-order valence-corrected chi connectivity index (χ1v) is 6.83. The average Bonchev–Trinajstić information content (AvgIpc) is 2.29. The van der Waals surface area contributed by atoms with Crippen molar-refractivity contribution in [3.05, 3.63) is 35.4 Å². The molecule has 0 saturated heterocycles. The topological polar surface area (TPSA) is 26.0 Å². The molecule has 1 aliphatic carbocycles. The molecule has 0 aliphatic heterocycles. The quantitative estimate of drug-likeness (QED) is 0.802. The summed E-state index contributed by atoms with van der Waals surface area (Å²) in [5.41, 5.74) is 9.18. The Morgan fingerprint density at radius 1 is 1.12 bits per heavy atom. The van der Waals surface area contributed by atoms with Gasteiger partial charge in [0.05, 0.1) is 0 Å². The second kappa shape index (κ2) is 4.81. The Morgan fingerprint density at radius 2 is 1.65 bits per heavy atom. The summed E-state index contributed by atoms with van der Waals surface area (Å²) in [5, 5.41) is 0. The zero-order chi connectivity index (χ0) is 12.5. The molecule has 1 aliphatic rings. The average molecular weight is 231 g/mol. The zero-order valence-electron chi connectivity index (χ0n) is 11.4. The molecule has 0 amide bonds. The van der Waals surface area contributed by atoms with Gasteiger partial charge in [0.25, 0.3) is 0 Å². The van der Waals surface area contributed by atoms with Crippen molar-refractivity contribution in [3.8, 4) is 0 Å². The lowest BCUT2D eigenvalue weighted by molar-refractivity contribution is 0.224. The van der Waals surface area contributed by atoms with Gasteiger partial charge < -0.3 is 5.73 Å². The van der Waals surface area contributed by atoms with E-state index >= 15 is 0 Å². The molecule has 2 rings (SSSR count). The molecular weight excluding hydrogens is 206 g/mol. The van der Waals surface area contributed by atoms with Crippen LogP contribution in [0.15, 0.2) is 24.3 Å². The van der Waals surface area contributed by atoms with Gasteiger partial charge in [0.15, 0.2) is 0 Å². The second-order valence-corrected chi connectivity index (χ2v) is 6.39. The fourth-order valence-corrected chi connectivity index (χ4v) is 2.80. The maximum atomic E-state index is 5.88. The van der Waals surface area contributed by atoms with Gasteiger partial charge in [-0.15, -0.1) is 0 Å². The van der Waals surface area contributed by atoms with Gasteiger partial charge in [-0.2, -0.15) is 0 Å². The third-order valence-corrected chi connectivity index (χ3v) is 4.27. The molecule has 0 aromatic heterocycles. The van der Waals surface area contributed by atoms with Crippen LogP contribution in [-0.2, 0) is 0 Å². The standard InChI is InChI=1S/C16H25N/c1-12(17)13-4-6-14(7-5-13)15-8-10-16(2,3)11-9-15/h4-7,12,15H,8-11,17H2,1-3H3. The van der Waals surface area contributed by atoms with Crippen LogP contribution < -0.4 is 5.73 Å². The Labute approximate surface area is 105 Å². The zero-order valence-corrected chi connectivity index (χ0v) is 11.4. The minimum Gasteiger partial charge on any atom is -0.324 e. The van der Waals surface area contributed by atoms with Crippen LogP contribution in [0.2, 0.25) is 0 Å².